The van der Waals surface area contributed by atoms with Crippen LogP contribution in [0.25, 0.3) is 0 Å². The van der Waals surface area contributed by atoms with Gasteiger partial charge in [-0.2, -0.15) is 13.2 Å². The molecule has 0 aliphatic carbocycles. The molecule has 0 bridgehead atoms. The van der Waals surface area contributed by atoms with Gasteiger partial charge in [-0.05, 0) is 29.3 Å². The molecular weight excluding hydrogens is 303 g/mol. The summed E-state index contributed by atoms with van der Waals surface area (Å²) in [7, 11) is 0. The molecule has 0 spiro atoms. The number of aromatic nitrogens is 1. The lowest BCUT2D eigenvalue weighted by Crippen LogP contribution is -2.45. The minimum atomic E-state index is -4.32. The molecule has 122 valence electrons. The Morgan fingerprint density at radius 2 is 1.87 bits per heavy atom. The van der Waals surface area contributed by atoms with Crippen molar-refractivity contribution >= 4 is 0 Å². The number of benzene rings is 1. The zero-order valence-corrected chi connectivity index (χ0v) is 12.6. The van der Waals surface area contributed by atoms with Crippen molar-refractivity contribution in [3.63, 3.8) is 0 Å². The Labute approximate surface area is 133 Å². The van der Waals surface area contributed by atoms with Crippen LogP contribution >= 0.6 is 0 Å². The van der Waals surface area contributed by atoms with Gasteiger partial charge >= 0.3 is 6.18 Å². The van der Waals surface area contributed by atoms with Gasteiger partial charge < -0.3 is 5.32 Å². The highest BCUT2D eigenvalue weighted by molar-refractivity contribution is 5.30. The summed E-state index contributed by atoms with van der Waals surface area (Å²) in [5, 5.41) is 3.31. The van der Waals surface area contributed by atoms with Crippen LogP contribution in [0.4, 0.5) is 13.2 Å². The summed E-state index contributed by atoms with van der Waals surface area (Å²) < 4.78 is 39.6. The van der Waals surface area contributed by atoms with Gasteiger partial charge in [0.2, 0.25) is 0 Å². The maximum atomic E-state index is 13.2. The lowest BCUT2D eigenvalue weighted by atomic mass is 10.0. The third-order valence-electron chi connectivity index (χ3n) is 4.14. The minimum Gasteiger partial charge on any atom is -0.314 e. The van der Waals surface area contributed by atoms with Crippen LogP contribution in [0.5, 0.6) is 0 Å². The number of halogens is 3. The van der Waals surface area contributed by atoms with E-state index in [9.17, 15) is 13.2 Å². The van der Waals surface area contributed by atoms with Crippen LogP contribution in [0.2, 0.25) is 0 Å². The molecule has 1 saturated heterocycles. The van der Waals surface area contributed by atoms with E-state index in [0.29, 0.717) is 12.1 Å². The zero-order chi connectivity index (χ0) is 16.3. The summed E-state index contributed by atoms with van der Waals surface area (Å²) in [6.07, 6.45) is -0.894. The molecule has 1 aliphatic heterocycles. The molecule has 0 radical (unpaired) electrons. The second-order valence-corrected chi connectivity index (χ2v) is 5.63. The number of hydrogen-bond donors (Lipinski definition) is 1. The summed E-state index contributed by atoms with van der Waals surface area (Å²) in [6.45, 7) is 2.48. The van der Waals surface area contributed by atoms with E-state index in [0.717, 1.165) is 24.7 Å². The van der Waals surface area contributed by atoms with E-state index < -0.39 is 11.7 Å². The molecule has 1 N–H and O–H groups in total. The first kappa shape index (κ1) is 16.0. The molecule has 23 heavy (non-hydrogen) atoms. The molecule has 1 atom stereocenters. The lowest BCUT2D eigenvalue weighted by Gasteiger charge is -2.37. The molecule has 2 aromatic rings. The average Bonchev–Trinajstić information content (AvgIpc) is 2.56. The first-order chi connectivity index (χ1) is 11.1. The molecule has 1 fully saturated rings. The summed E-state index contributed by atoms with van der Waals surface area (Å²) in [5.74, 6) is 0. The highest BCUT2D eigenvalue weighted by Gasteiger charge is 2.34. The average molecular weight is 321 g/mol. The summed E-state index contributed by atoms with van der Waals surface area (Å²) in [5.41, 5.74) is 0.838. The van der Waals surface area contributed by atoms with Crippen molar-refractivity contribution in [1.29, 1.82) is 0 Å². The third kappa shape index (κ3) is 3.71. The largest absolute Gasteiger partial charge is 0.416 e. The maximum Gasteiger partial charge on any atom is 0.416 e. The Bertz CT molecular complexity index is 643. The van der Waals surface area contributed by atoms with Crippen LogP contribution in [0.3, 0.4) is 0 Å². The molecule has 6 heteroatoms. The fraction of sp³-hybridized carbons (Fsp3) is 0.353. The molecule has 1 aliphatic rings. The van der Waals surface area contributed by atoms with Crippen molar-refractivity contribution in [3.05, 3.63) is 65.5 Å². The fourth-order valence-corrected chi connectivity index (χ4v) is 3.00. The van der Waals surface area contributed by atoms with Gasteiger partial charge in [-0.3, -0.25) is 9.88 Å². The van der Waals surface area contributed by atoms with Crippen molar-refractivity contribution in [2.45, 2.75) is 18.8 Å². The SMILES string of the molecule is FC(F)(F)c1ccccc1CN1CCNCC1c1ccncc1. The maximum absolute atomic E-state index is 13.2. The Balaban J connectivity index is 1.86. The fourth-order valence-electron chi connectivity index (χ4n) is 3.00. The topological polar surface area (TPSA) is 28.2 Å². The van der Waals surface area contributed by atoms with E-state index >= 15 is 0 Å². The van der Waals surface area contributed by atoms with Gasteiger partial charge in [0.05, 0.1) is 5.56 Å². The molecule has 2 heterocycles. The first-order valence-corrected chi connectivity index (χ1v) is 7.55. The molecule has 0 amide bonds. The van der Waals surface area contributed by atoms with E-state index in [1.807, 2.05) is 12.1 Å². The van der Waals surface area contributed by atoms with Crippen LogP contribution in [-0.4, -0.2) is 29.5 Å². The number of pyridine rings is 1. The lowest BCUT2D eigenvalue weighted by molar-refractivity contribution is -0.138. The Kier molecular flexibility index (Phi) is 4.63. The van der Waals surface area contributed by atoms with Crippen LogP contribution in [-0.2, 0) is 12.7 Å². The monoisotopic (exact) mass is 321 g/mol. The molecule has 1 aromatic heterocycles. The van der Waals surface area contributed by atoms with Crippen molar-refractivity contribution in [3.8, 4) is 0 Å². The highest BCUT2D eigenvalue weighted by Crippen LogP contribution is 2.33. The van der Waals surface area contributed by atoms with Gasteiger partial charge in [0.25, 0.3) is 0 Å². The first-order valence-electron chi connectivity index (χ1n) is 7.55. The number of piperazine rings is 1. The van der Waals surface area contributed by atoms with Gasteiger partial charge in [0.15, 0.2) is 0 Å². The number of alkyl halides is 3. The number of nitrogens with zero attached hydrogens (tertiary/aromatic N) is 2. The van der Waals surface area contributed by atoms with Crippen LogP contribution in [0.1, 0.15) is 22.7 Å². The van der Waals surface area contributed by atoms with Gasteiger partial charge in [-0.15, -0.1) is 0 Å². The molecule has 1 unspecified atom stereocenters. The van der Waals surface area contributed by atoms with Crippen molar-refractivity contribution in [1.82, 2.24) is 15.2 Å². The summed E-state index contributed by atoms with van der Waals surface area (Å²) in [4.78, 5) is 6.10. The quantitative estimate of drug-likeness (QED) is 0.941. The minimum absolute atomic E-state index is 0.0491. The zero-order valence-electron chi connectivity index (χ0n) is 12.6. The van der Waals surface area contributed by atoms with E-state index in [2.05, 4.69) is 15.2 Å². The Hall–Kier alpha value is -1.92. The van der Waals surface area contributed by atoms with Crippen molar-refractivity contribution in [2.75, 3.05) is 19.6 Å². The summed E-state index contributed by atoms with van der Waals surface area (Å²) in [6, 6.07) is 9.69. The van der Waals surface area contributed by atoms with Crippen LogP contribution in [0, 0.1) is 0 Å². The van der Waals surface area contributed by atoms with E-state index in [-0.39, 0.29) is 12.6 Å². The predicted octanol–water partition coefficient (Wildman–Crippen LogP) is 3.25. The van der Waals surface area contributed by atoms with Gasteiger partial charge in [0.1, 0.15) is 0 Å². The molecule has 3 rings (SSSR count). The van der Waals surface area contributed by atoms with E-state index in [1.165, 1.54) is 6.07 Å². The Morgan fingerprint density at radius 1 is 1.13 bits per heavy atom. The predicted molar refractivity (Wildman–Crippen MR) is 81.7 cm³/mol. The van der Waals surface area contributed by atoms with Gasteiger partial charge in [0, 0.05) is 44.6 Å². The molecule has 1 aromatic carbocycles. The van der Waals surface area contributed by atoms with Crippen LogP contribution in [0.15, 0.2) is 48.8 Å². The summed E-state index contributed by atoms with van der Waals surface area (Å²) >= 11 is 0. The number of hydrogen-bond acceptors (Lipinski definition) is 3. The number of nitrogens with one attached hydrogen (secondary N) is 1. The normalized spacial score (nSPS) is 19.7. The number of rotatable bonds is 3. The van der Waals surface area contributed by atoms with Crippen LogP contribution < -0.4 is 5.32 Å². The smallest absolute Gasteiger partial charge is 0.314 e. The van der Waals surface area contributed by atoms with Gasteiger partial charge in [-0.25, -0.2) is 0 Å². The second-order valence-electron chi connectivity index (χ2n) is 5.63. The van der Waals surface area contributed by atoms with E-state index in [1.54, 1.807) is 24.5 Å². The molecule has 0 saturated carbocycles. The highest BCUT2D eigenvalue weighted by atomic mass is 19.4. The standard InChI is InChI=1S/C17H18F3N3/c18-17(19,20)15-4-2-1-3-14(15)12-23-10-9-22-11-16(23)13-5-7-21-8-6-13/h1-8,16,22H,9-12H2. The van der Waals surface area contributed by atoms with Crippen molar-refractivity contribution in [2.24, 2.45) is 0 Å². The third-order valence-corrected chi connectivity index (χ3v) is 4.14. The van der Waals surface area contributed by atoms with E-state index in [4.69, 9.17) is 0 Å². The molecule has 3 nitrogen and oxygen atoms in total. The van der Waals surface area contributed by atoms with Gasteiger partial charge in [-0.1, -0.05) is 18.2 Å². The Morgan fingerprint density at radius 3 is 2.61 bits per heavy atom. The second kappa shape index (κ2) is 6.68. The molecular formula is C17H18F3N3. The van der Waals surface area contributed by atoms with Crippen molar-refractivity contribution < 1.29 is 13.2 Å².